The number of hydrogen-bond acceptors (Lipinski definition) is 4. The molecule has 2 N–H and O–H groups in total. The molecule has 0 aromatic carbocycles. The Bertz CT molecular complexity index is 394. The summed E-state index contributed by atoms with van der Waals surface area (Å²) in [6, 6.07) is 4.76. The lowest BCUT2D eigenvalue weighted by molar-refractivity contribution is 0.619. The summed E-state index contributed by atoms with van der Waals surface area (Å²) in [5.74, 6) is 2.28. The Balaban J connectivity index is 2.24. The molecule has 2 heterocycles. The summed E-state index contributed by atoms with van der Waals surface area (Å²) in [6.07, 6.45) is 0. The fraction of sp³-hybridized carbons (Fsp3) is 0.615. The molecule has 0 radical (unpaired) electrons. The number of hydrogen-bond donors (Lipinski definition) is 1. The monoisotopic (exact) mass is 251 g/mol. The van der Waals surface area contributed by atoms with Gasteiger partial charge in [0, 0.05) is 35.8 Å². The molecule has 1 aliphatic rings. The second-order valence-electron chi connectivity index (χ2n) is 4.63. The second-order valence-corrected chi connectivity index (χ2v) is 6.11. The van der Waals surface area contributed by atoms with E-state index < -0.39 is 0 Å². The summed E-state index contributed by atoms with van der Waals surface area (Å²) in [4.78, 5) is 7.10. The predicted molar refractivity (Wildman–Crippen MR) is 75.6 cm³/mol. The lowest BCUT2D eigenvalue weighted by Crippen LogP contribution is -2.45. The smallest absolute Gasteiger partial charge is 0.129 e. The van der Waals surface area contributed by atoms with Crippen LogP contribution in [-0.2, 0) is 6.54 Å². The van der Waals surface area contributed by atoms with Crippen molar-refractivity contribution in [2.24, 2.45) is 5.73 Å². The Morgan fingerprint density at radius 2 is 2.24 bits per heavy atom. The van der Waals surface area contributed by atoms with Crippen LogP contribution >= 0.6 is 11.8 Å². The van der Waals surface area contributed by atoms with Crippen LogP contribution < -0.4 is 10.6 Å². The molecule has 0 amide bonds. The van der Waals surface area contributed by atoms with Gasteiger partial charge in [-0.05, 0) is 25.5 Å². The minimum atomic E-state index is 0.546. The zero-order chi connectivity index (χ0) is 12.4. The van der Waals surface area contributed by atoms with Crippen molar-refractivity contribution in [3.05, 3.63) is 23.4 Å². The first-order chi connectivity index (χ1) is 8.13. The van der Waals surface area contributed by atoms with Gasteiger partial charge in [0.05, 0.1) is 0 Å². The molecule has 1 aliphatic heterocycles. The predicted octanol–water partition coefficient (Wildman–Crippen LogP) is 2.18. The van der Waals surface area contributed by atoms with Crippen molar-refractivity contribution >= 4 is 17.6 Å². The van der Waals surface area contributed by atoms with Crippen molar-refractivity contribution in [2.75, 3.05) is 17.2 Å². The zero-order valence-electron chi connectivity index (χ0n) is 10.8. The average molecular weight is 251 g/mol. The average Bonchev–Trinajstić information content (AvgIpc) is 2.32. The molecule has 2 rings (SSSR count). The van der Waals surface area contributed by atoms with Crippen LogP contribution in [0.3, 0.4) is 0 Å². The molecular weight excluding hydrogens is 230 g/mol. The minimum Gasteiger partial charge on any atom is -0.352 e. The highest BCUT2D eigenvalue weighted by atomic mass is 32.2. The summed E-state index contributed by atoms with van der Waals surface area (Å²) < 4.78 is 0. The normalized spacial score (nSPS) is 25.1. The number of pyridine rings is 1. The van der Waals surface area contributed by atoms with Gasteiger partial charge in [-0.1, -0.05) is 13.0 Å². The second kappa shape index (κ2) is 5.27. The van der Waals surface area contributed by atoms with Crippen LogP contribution in [0.4, 0.5) is 5.82 Å². The van der Waals surface area contributed by atoms with Crippen molar-refractivity contribution in [1.29, 1.82) is 0 Å². The molecule has 2 atom stereocenters. The fourth-order valence-electron chi connectivity index (χ4n) is 2.21. The molecule has 94 valence electrons. The van der Waals surface area contributed by atoms with E-state index in [2.05, 4.69) is 35.9 Å². The molecule has 3 nitrogen and oxygen atoms in total. The van der Waals surface area contributed by atoms with E-state index in [4.69, 9.17) is 5.73 Å². The van der Waals surface area contributed by atoms with E-state index in [9.17, 15) is 0 Å². The summed E-state index contributed by atoms with van der Waals surface area (Å²) in [5, 5.41) is 0.667. The van der Waals surface area contributed by atoms with Gasteiger partial charge in [0.15, 0.2) is 0 Å². The Morgan fingerprint density at radius 1 is 1.47 bits per heavy atom. The van der Waals surface area contributed by atoms with Crippen LogP contribution in [0.5, 0.6) is 0 Å². The van der Waals surface area contributed by atoms with E-state index in [1.165, 1.54) is 5.75 Å². The molecule has 1 fully saturated rings. The topological polar surface area (TPSA) is 42.2 Å². The number of thioether (sulfide) groups is 1. The summed E-state index contributed by atoms with van der Waals surface area (Å²) in [5.41, 5.74) is 7.87. The first-order valence-corrected chi connectivity index (χ1v) is 7.23. The van der Waals surface area contributed by atoms with Crippen LogP contribution in [0, 0.1) is 6.92 Å². The largest absolute Gasteiger partial charge is 0.352 e. The molecule has 4 heteroatoms. The maximum Gasteiger partial charge on any atom is 0.129 e. The molecule has 17 heavy (non-hydrogen) atoms. The van der Waals surface area contributed by atoms with Gasteiger partial charge in [-0.2, -0.15) is 11.8 Å². The van der Waals surface area contributed by atoms with Crippen molar-refractivity contribution in [3.8, 4) is 0 Å². The van der Waals surface area contributed by atoms with Crippen LogP contribution in [-0.4, -0.2) is 28.6 Å². The fourth-order valence-corrected chi connectivity index (χ4v) is 3.31. The van der Waals surface area contributed by atoms with Gasteiger partial charge in [0.2, 0.25) is 0 Å². The lowest BCUT2D eigenvalue weighted by Gasteiger charge is -2.38. The standard InChI is InChI=1S/C13H21N3S/c1-9-12(8-14)4-5-13(15-9)16-6-7-17-11(3)10(16)2/h4-5,10-11H,6-8,14H2,1-3H3. The van der Waals surface area contributed by atoms with Crippen LogP contribution in [0.2, 0.25) is 0 Å². The zero-order valence-corrected chi connectivity index (χ0v) is 11.6. The van der Waals surface area contributed by atoms with Gasteiger partial charge in [0.1, 0.15) is 5.82 Å². The third-order valence-electron chi connectivity index (χ3n) is 3.58. The van der Waals surface area contributed by atoms with E-state index in [1.807, 2.05) is 18.7 Å². The van der Waals surface area contributed by atoms with Gasteiger partial charge in [0.25, 0.3) is 0 Å². The summed E-state index contributed by atoms with van der Waals surface area (Å²) >= 11 is 2.05. The maximum atomic E-state index is 5.67. The van der Waals surface area contributed by atoms with E-state index in [0.717, 1.165) is 23.6 Å². The number of nitrogens with zero attached hydrogens (tertiary/aromatic N) is 2. The van der Waals surface area contributed by atoms with E-state index in [-0.39, 0.29) is 0 Å². The van der Waals surface area contributed by atoms with Gasteiger partial charge in [-0.3, -0.25) is 0 Å². The molecule has 0 spiro atoms. The number of aromatic nitrogens is 1. The Morgan fingerprint density at radius 3 is 2.88 bits per heavy atom. The third-order valence-corrected chi connectivity index (χ3v) is 4.92. The summed E-state index contributed by atoms with van der Waals surface area (Å²) in [6.45, 7) is 8.28. The number of anilines is 1. The van der Waals surface area contributed by atoms with Gasteiger partial charge >= 0.3 is 0 Å². The number of aryl methyl sites for hydroxylation is 1. The Kier molecular flexibility index (Phi) is 3.94. The van der Waals surface area contributed by atoms with Crippen LogP contribution in [0.1, 0.15) is 25.1 Å². The van der Waals surface area contributed by atoms with Crippen LogP contribution in [0.15, 0.2) is 12.1 Å². The summed E-state index contributed by atoms with van der Waals surface area (Å²) in [7, 11) is 0. The number of nitrogens with two attached hydrogens (primary N) is 1. The molecule has 0 saturated carbocycles. The molecule has 1 saturated heterocycles. The molecule has 0 aliphatic carbocycles. The van der Waals surface area contributed by atoms with Crippen molar-refractivity contribution in [3.63, 3.8) is 0 Å². The lowest BCUT2D eigenvalue weighted by atomic mass is 10.1. The van der Waals surface area contributed by atoms with Gasteiger partial charge < -0.3 is 10.6 Å². The molecule has 1 aromatic rings. The third kappa shape index (κ3) is 2.58. The molecule has 1 aromatic heterocycles. The molecular formula is C13H21N3S. The molecule has 0 bridgehead atoms. The first kappa shape index (κ1) is 12.7. The SMILES string of the molecule is Cc1nc(N2CCSC(C)C2C)ccc1CN. The number of rotatable bonds is 2. The quantitative estimate of drug-likeness (QED) is 0.875. The van der Waals surface area contributed by atoms with Crippen LogP contribution in [0.25, 0.3) is 0 Å². The van der Waals surface area contributed by atoms with Crippen molar-refractivity contribution in [1.82, 2.24) is 4.98 Å². The Hall–Kier alpha value is -0.740. The van der Waals surface area contributed by atoms with Crippen molar-refractivity contribution in [2.45, 2.75) is 38.6 Å². The highest BCUT2D eigenvalue weighted by Gasteiger charge is 2.26. The van der Waals surface area contributed by atoms with Gasteiger partial charge in [-0.15, -0.1) is 0 Å². The van der Waals surface area contributed by atoms with Gasteiger partial charge in [-0.25, -0.2) is 4.98 Å². The van der Waals surface area contributed by atoms with E-state index >= 15 is 0 Å². The minimum absolute atomic E-state index is 0.546. The molecule has 2 unspecified atom stereocenters. The maximum absolute atomic E-state index is 5.67. The highest BCUT2D eigenvalue weighted by molar-refractivity contribution is 8.00. The van der Waals surface area contributed by atoms with Crippen molar-refractivity contribution < 1.29 is 0 Å². The van der Waals surface area contributed by atoms with E-state index in [1.54, 1.807) is 0 Å². The first-order valence-electron chi connectivity index (χ1n) is 6.18. The van der Waals surface area contributed by atoms with E-state index in [0.29, 0.717) is 17.8 Å². The Labute approximate surface area is 108 Å². The highest BCUT2D eigenvalue weighted by Crippen LogP contribution is 2.28.